The smallest absolute Gasteiger partial charge is 0.0340 e. The number of hydrogen-bond donors (Lipinski definition) is 1. The first kappa shape index (κ1) is 13.1. The van der Waals surface area contributed by atoms with Crippen LogP contribution in [0.25, 0.3) is 0 Å². The molecule has 0 aliphatic rings. The second kappa shape index (κ2) is 8.20. The van der Waals surface area contributed by atoms with E-state index in [9.17, 15) is 0 Å². The van der Waals surface area contributed by atoms with Crippen LogP contribution in [0.2, 0.25) is 0 Å². The van der Waals surface area contributed by atoms with Gasteiger partial charge in [-0.3, -0.25) is 0 Å². The maximum atomic E-state index is 3.49. The van der Waals surface area contributed by atoms with E-state index in [0.29, 0.717) is 0 Å². The summed E-state index contributed by atoms with van der Waals surface area (Å²) in [6.45, 7) is 5.68. The van der Waals surface area contributed by atoms with E-state index in [0.717, 1.165) is 12.5 Å². The molecule has 1 rings (SSSR count). The van der Waals surface area contributed by atoms with Crippen molar-refractivity contribution in [1.29, 1.82) is 0 Å². The fourth-order valence-corrected chi connectivity index (χ4v) is 2.02. The second-order valence-corrected chi connectivity index (χ2v) is 4.50. The Kier molecular flexibility index (Phi) is 6.71. The van der Waals surface area contributed by atoms with Crippen LogP contribution < -0.4 is 5.32 Å². The molecule has 0 bridgehead atoms. The SMILES string of the molecule is CCCCC(CC)CCNc1ccccc1. The lowest BCUT2D eigenvalue weighted by atomic mass is 9.96. The number of nitrogens with one attached hydrogen (secondary N) is 1. The van der Waals surface area contributed by atoms with Crippen LogP contribution in [0.1, 0.15) is 46.0 Å². The zero-order valence-corrected chi connectivity index (χ0v) is 10.7. The van der Waals surface area contributed by atoms with Gasteiger partial charge < -0.3 is 5.32 Å². The molecular formula is C15H25N. The molecule has 1 heteroatoms. The van der Waals surface area contributed by atoms with Crippen LogP contribution in [0.5, 0.6) is 0 Å². The molecule has 0 heterocycles. The first-order chi connectivity index (χ1) is 7.86. The summed E-state index contributed by atoms with van der Waals surface area (Å²) in [6, 6.07) is 10.5. The van der Waals surface area contributed by atoms with Crippen molar-refractivity contribution in [1.82, 2.24) is 0 Å². The van der Waals surface area contributed by atoms with Crippen molar-refractivity contribution in [3.05, 3.63) is 30.3 Å². The molecule has 1 unspecified atom stereocenters. The Morgan fingerprint density at radius 3 is 2.44 bits per heavy atom. The van der Waals surface area contributed by atoms with E-state index < -0.39 is 0 Å². The van der Waals surface area contributed by atoms with Crippen molar-refractivity contribution in [3.8, 4) is 0 Å². The molecular weight excluding hydrogens is 194 g/mol. The van der Waals surface area contributed by atoms with Crippen molar-refractivity contribution in [2.24, 2.45) is 5.92 Å². The lowest BCUT2D eigenvalue weighted by Gasteiger charge is -2.15. The van der Waals surface area contributed by atoms with Gasteiger partial charge in [-0.05, 0) is 24.5 Å². The van der Waals surface area contributed by atoms with E-state index in [4.69, 9.17) is 0 Å². The predicted molar refractivity (Wildman–Crippen MR) is 72.9 cm³/mol. The minimum atomic E-state index is 0.899. The van der Waals surface area contributed by atoms with Crippen LogP contribution in [-0.2, 0) is 0 Å². The zero-order chi connectivity index (χ0) is 11.6. The molecule has 1 atom stereocenters. The van der Waals surface area contributed by atoms with E-state index in [1.165, 1.54) is 37.8 Å². The van der Waals surface area contributed by atoms with Gasteiger partial charge in [-0.15, -0.1) is 0 Å². The van der Waals surface area contributed by atoms with Crippen LogP contribution >= 0.6 is 0 Å². The third-order valence-corrected chi connectivity index (χ3v) is 3.20. The van der Waals surface area contributed by atoms with Crippen LogP contribution in [0.3, 0.4) is 0 Å². The van der Waals surface area contributed by atoms with Gasteiger partial charge in [0.05, 0.1) is 0 Å². The van der Waals surface area contributed by atoms with Gasteiger partial charge in [0.1, 0.15) is 0 Å². The van der Waals surface area contributed by atoms with E-state index in [2.05, 4.69) is 49.5 Å². The number of benzene rings is 1. The fourth-order valence-electron chi connectivity index (χ4n) is 2.02. The molecule has 0 amide bonds. The average Bonchev–Trinajstić information content (AvgIpc) is 2.35. The highest BCUT2D eigenvalue weighted by Gasteiger charge is 2.04. The molecule has 0 aliphatic heterocycles. The normalized spacial score (nSPS) is 12.4. The molecule has 0 aliphatic carbocycles. The Hall–Kier alpha value is -0.980. The first-order valence-corrected chi connectivity index (χ1v) is 6.65. The summed E-state index contributed by atoms with van der Waals surface area (Å²) in [5, 5.41) is 3.49. The zero-order valence-electron chi connectivity index (χ0n) is 10.7. The highest BCUT2D eigenvalue weighted by molar-refractivity contribution is 5.42. The van der Waals surface area contributed by atoms with Gasteiger partial charge in [-0.2, -0.15) is 0 Å². The Bertz CT molecular complexity index is 255. The molecule has 16 heavy (non-hydrogen) atoms. The predicted octanol–water partition coefficient (Wildman–Crippen LogP) is 4.71. The Labute approximate surface area is 100 Å². The van der Waals surface area contributed by atoms with Gasteiger partial charge in [0.2, 0.25) is 0 Å². The van der Waals surface area contributed by atoms with Gasteiger partial charge in [0.25, 0.3) is 0 Å². The summed E-state index contributed by atoms with van der Waals surface area (Å²) >= 11 is 0. The Morgan fingerprint density at radius 1 is 1.06 bits per heavy atom. The largest absolute Gasteiger partial charge is 0.385 e. The molecule has 90 valence electrons. The van der Waals surface area contributed by atoms with Gasteiger partial charge in [0.15, 0.2) is 0 Å². The summed E-state index contributed by atoms with van der Waals surface area (Å²) in [5.41, 5.74) is 1.24. The minimum absolute atomic E-state index is 0.899. The Balaban J connectivity index is 2.18. The van der Waals surface area contributed by atoms with Gasteiger partial charge in [-0.25, -0.2) is 0 Å². The maximum Gasteiger partial charge on any atom is 0.0340 e. The number of hydrogen-bond acceptors (Lipinski definition) is 1. The van der Waals surface area contributed by atoms with Gasteiger partial charge in [-0.1, -0.05) is 57.7 Å². The maximum absolute atomic E-state index is 3.49. The molecule has 1 aromatic rings. The average molecular weight is 219 g/mol. The standard InChI is InChI=1S/C15H25N/c1-3-5-9-14(4-2)12-13-16-15-10-7-6-8-11-15/h6-8,10-11,14,16H,3-5,9,12-13H2,1-2H3. The third kappa shape index (κ3) is 5.20. The molecule has 0 aromatic heterocycles. The van der Waals surface area contributed by atoms with Crippen molar-refractivity contribution in [3.63, 3.8) is 0 Å². The van der Waals surface area contributed by atoms with Crippen LogP contribution in [0.4, 0.5) is 5.69 Å². The monoisotopic (exact) mass is 219 g/mol. The summed E-state index contributed by atoms with van der Waals surface area (Å²) in [6.07, 6.45) is 6.71. The summed E-state index contributed by atoms with van der Waals surface area (Å²) in [7, 11) is 0. The quantitative estimate of drug-likeness (QED) is 0.668. The fraction of sp³-hybridized carbons (Fsp3) is 0.600. The molecule has 0 spiro atoms. The summed E-state index contributed by atoms with van der Waals surface area (Å²) in [5.74, 6) is 0.899. The molecule has 0 saturated carbocycles. The van der Waals surface area contributed by atoms with Crippen molar-refractivity contribution in [2.75, 3.05) is 11.9 Å². The number of unbranched alkanes of at least 4 members (excludes halogenated alkanes) is 1. The summed E-state index contributed by atoms with van der Waals surface area (Å²) in [4.78, 5) is 0. The van der Waals surface area contributed by atoms with Crippen LogP contribution in [-0.4, -0.2) is 6.54 Å². The highest BCUT2D eigenvalue weighted by atomic mass is 14.9. The van der Waals surface area contributed by atoms with Gasteiger partial charge >= 0.3 is 0 Å². The first-order valence-electron chi connectivity index (χ1n) is 6.65. The van der Waals surface area contributed by atoms with Crippen molar-refractivity contribution in [2.45, 2.75) is 46.0 Å². The molecule has 0 saturated heterocycles. The highest BCUT2D eigenvalue weighted by Crippen LogP contribution is 2.16. The number of anilines is 1. The summed E-state index contributed by atoms with van der Waals surface area (Å²) < 4.78 is 0. The second-order valence-electron chi connectivity index (χ2n) is 4.50. The van der Waals surface area contributed by atoms with E-state index in [1.54, 1.807) is 0 Å². The van der Waals surface area contributed by atoms with Crippen LogP contribution in [0.15, 0.2) is 30.3 Å². The van der Waals surface area contributed by atoms with Gasteiger partial charge in [0, 0.05) is 12.2 Å². The molecule has 0 radical (unpaired) electrons. The lowest BCUT2D eigenvalue weighted by Crippen LogP contribution is -2.08. The van der Waals surface area contributed by atoms with Crippen LogP contribution in [0, 0.1) is 5.92 Å². The van der Waals surface area contributed by atoms with E-state index in [1.807, 2.05) is 0 Å². The van der Waals surface area contributed by atoms with E-state index >= 15 is 0 Å². The molecule has 1 nitrogen and oxygen atoms in total. The van der Waals surface area contributed by atoms with E-state index in [-0.39, 0.29) is 0 Å². The minimum Gasteiger partial charge on any atom is -0.385 e. The molecule has 1 aromatic carbocycles. The molecule has 0 fully saturated rings. The molecule has 1 N–H and O–H groups in total. The van der Waals surface area contributed by atoms with Crippen molar-refractivity contribution < 1.29 is 0 Å². The lowest BCUT2D eigenvalue weighted by molar-refractivity contribution is 0.431. The number of para-hydroxylation sites is 1. The number of rotatable bonds is 8. The Morgan fingerprint density at radius 2 is 1.81 bits per heavy atom. The topological polar surface area (TPSA) is 12.0 Å². The third-order valence-electron chi connectivity index (χ3n) is 3.20. The van der Waals surface area contributed by atoms with Crippen molar-refractivity contribution >= 4 is 5.69 Å².